The molecule has 9 nitrogen and oxygen atoms in total. The number of hydrogen-bond acceptors (Lipinski definition) is 7. The van der Waals surface area contributed by atoms with Crippen LogP contribution in [0.1, 0.15) is 32.6 Å². The van der Waals surface area contributed by atoms with E-state index in [4.69, 9.17) is 4.74 Å². The van der Waals surface area contributed by atoms with E-state index in [9.17, 15) is 14.4 Å². The zero-order valence-corrected chi connectivity index (χ0v) is 25.2. The highest BCUT2D eigenvalue weighted by atomic mass is 16.5. The topological polar surface area (TPSA) is 94.2 Å². The summed E-state index contributed by atoms with van der Waals surface area (Å²) >= 11 is 0. The lowest BCUT2D eigenvalue weighted by atomic mass is 9.93. The van der Waals surface area contributed by atoms with E-state index in [2.05, 4.69) is 57.8 Å². The molecule has 3 heterocycles. The van der Waals surface area contributed by atoms with E-state index < -0.39 is 5.97 Å². The van der Waals surface area contributed by atoms with Crippen molar-refractivity contribution in [3.63, 3.8) is 0 Å². The number of ether oxygens (including phenoxy) is 1. The van der Waals surface area contributed by atoms with Crippen LogP contribution in [-0.4, -0.2) is 81.0 Å². The molecule has 0 atom stereocenters. The van der Waals surface area contributed by atoms with Gasteiger partial charge in [-0.05, 0) is 73.3 Å². The molecule has 44 heavy (non-hydrogen) atoms. The molecule has 0 aromatic heterocycles. The predicted octanol–water partition coefficient (Wildman–Crippen LogP) is 3.80. The van der Waals surface area contributed by atoms with E-state index in [-0.39, 0.29) is 17.7 Å². The van der Waals surface area contributed by atoms with E-state index in [1.54, 1.807) is 12.1 Å². The van der Waals surface area contributed by atoms with Gasteiger partial charge in [-0.25, -0.2) is 4.79 Å². The summed E-state index contributed by atoms with van der Waals surface area (Å²) < 4.78 is 4.89. The second-order valence-corrected chi connectivity index (χ2v) is 12.2. The van der Waals surface area contributed by atoms with E-state index in [1.807, 2.05) is 23.1 Å². The molecule has 0 saturated carbocycles. The summed E-state index contributed by atoms with van der Waals surface area (Å²) in [5.74, 6) is -0.416. The number of nitrogens with one attached hydrogen (secondary N) is 2. The Hall–Kier alpha value is -4.47. The Kier molecular flexibility index (Phi) is 7.43. The minimum Gasteiger partial charge on any atom is -0.465 e. The first-order chi connectivity index (χ1) is 21.4. The number of likely N-dealkylation sites (N-methyl/N-ethyl adjacent to an activating group) is 1. The number of carbonyl (C=O) groups excluding carboxylic acids is 3. The van der Waals surface area contributed by atoms with Gasteiger partial charge in [0.05, 0.1) is 30.5 Å². The van der Waals surface area contributed by atoms with Gasteiger partial charge in [0.1, 0.15) is 0 Å². The minimum atomic E-state index is -0.446. The van der Waals surface area contributed by atoms with Gasteiger partial charge in [-0.15, -0.1) is 0 Å². The molecule has 226 valence electrons. The maximum atomic E-state index is 13.6. The lowest BCUT2D eigenvalue weighted by Gasteiger charge is -2.32. The smallest absolute Gasteiger partial charge is 0.337 e. The first-order valence-corrected chi connectivity index (χ1v) is 15.3. The van der Waals surface area contributed by atoms with Crippen LogP contribution >= 0.6 is 0 Å². The molecule has 9 heteroatoms. The fourth-order valence-electron chi connectivity index (χ4n) is 6.99. The lowest BCUT2D eigenvalue weighted by Crippen LogP contribution is -2.48. The number of nitrogens with zero attached hydrogens (tertiary/aromatic N) is 3. The maximum Gasteiger partial charge on any atom is 0.337 e. The van der Waals surface area contributed by atoms with Crippen molar-refractivity contribution < 1.29 is 19.1 Å². The van der Waals surface area contributed by atoms with Gasteiger partial charge in [0, 0.05) is 61.3 Å². The van der Waals surface area contributed by atoms with Crippen LogP contribution in [0, 0.1) is 5.92 Å². The largest absolute Gasteiger partial charge is 0.465 e. The summed E-state index contributed by atoms with van der Waals surface area (Å²) in [6, 6.07) is 19.8. The summed E-state index contributed by atoms with van der Waals surface area (Å²) in [6.45, 7) is 4.91. The molecule has 1 aliphatic carbocycles. The zero-order chi connectivity index (χ0) is 30.4. The molecule has 1 saturated heterocycles. The molecule has 1 fully saturated rings. The van der Waals surface area contributed by atoms with Crippen LogP contribution in [0.2, 0.25) is 0 Å². The second-order valence-electron chi connectivity index (χ2n) is 12.2. The number of hydrogen-bond donors (Lipinski definition) is 2. The third kappa shape index (κ3) is 5.27. The second kappa shape index (κ2) is 11.6. The molecule has 3 aliphatic heterocycles. The fourth-order valence-corrected chi connectivity index (χ4v) is 6.99. The number of esters is 1. The van der Waals surface area contributed by atoms with Crippen molar-refractivity contribution in [3.05, 3.63) is 94.2 Å². The Labute approximate surface area is 257 Å². The highest BCUT2D eigenvalue weighted by Crippen LogP contribution is 2.41. The van der Waals surface area contributed by atoms with Crippen LogP contribution in [0.4, 0.5) is 17.1 Å². The van der Waals surface area contributed by atoms with Crippen molar-refractivity contribution in [1.29, 1.82) is 0 Å². The molecule has 4 aliphatic rings. The number of carbonyl (C=O) groups is 3. The van der Waals surface area contributed by atoms with Crippen molar-refractivity contribution in [2.75, 3.05) is 69.0 Å². The molecule has 3 aromatic carbocycles. The summed E-state index contributed by atoms with van der Waals surface area (Å²) in [6.07, 6.45) is 2.44. The number of methoxy groups -OCH3 is 1. The van der Waals surface area contributed by atoms with Gasteiger partial charge < -0.3 is 25.2 Å². The molecule has 0 radical (unpaired) electrons. The molecule has 2 amide bonds. The van der Waals surface area contributed by atoms with Crippen molar-refractivity contribution in [2.24, 2.45) is 5.92 Å². The molecule has 2 N–H and O–H groups in total. The van der Waals surface area contributed by atoms with Gasteiger partial charge in [0.25, 0.3) is 5.91 Å². The number of piperazine rings is 1. The Bertz CT molecular complexity index is 1670. The van der Waals surface area contributed by atoms with Crippen molar-refractivity contribution in [3.8, 4) is 0 Å². The van der Waals surface area contributed by atoms with E-state index in [0.717, 1.165) is 73.6 Å². The van der Waals surface area contributed by atoms with Crippen molar-refractivity contribution in [2.45, 2.75) is 19.3 Å². The van der Waals surface area contributed by atoms with Crippen LogP contribution in [0.3, 0.4) is 0 Å². The average molecular weight is 592 g/mol. The molecule has 3 aromatic rings. The Morgan fingerprint density at radius 1 is 0.932 bits per heavy atom. The third-order valence-corrected chi connectivity index (χ3v) is 9.42. The number of rotatable bonds is 6. The zero-order valence-electron chi connectivity index (χ0n) is 25.2. The maximum absolute atomic E-state index is 13.6. The van der Waals surface area contributed by atoms with Crippen LogP contribution in [0.15, 0.2) is 66.4 Å². The van der Waals surface area contributed by atoms with Crippen molar-refractivity contribution in [1.82, 2.24) is 9.80 Å². The van der Waals surface area contributed by atoms with Gasteiger partial charge >= 0.3 is 5.97 Å². The quantitative estimate of drug-likeness (QED) is 0.333. The highest BCUT2D eigenvalue weighted by molar-refractivity contribution is 6.32. The van der Waals surface area contributed by atoms with Crippen LogP contribution < -0.4 is 15.5 Å². The summed E-state index contributed by atoms with van der Waals surface area (Å²) in [4.78, 5) is 45.5. The average Bonchev–Trinajstić information content (AvgIpc) is 3.74. The summed E-state index contributed by atoms with van der Waals surface area (Å²) in [5.41, 5.74) is 8.79. The number of fused-ring (bicyclic) bond motifs is 3. The fraction of sp³-hybridized carbons (Fsp3) is 0.343. The molecule has 0 unspecified atom stereocenters. The number of anilines is 3. The SMILES string of the molecule is COC(=O)c1ccc2c(c1)NC(=O)/C2=C(\Nc1ccc2c(c1)CCN2C(=O)CN1CCN(C)CC1)C1Cc2ccccc2C1. The molecule has 0 spiro atoms. The predicted molar refractivity (Wildman–Crippen MR) is 171 cm³/mol. The normalized spacial score (nSPS) is 19.3. The molecule has 7 rings (SSSR count). The van der Waals surface area contributed by atoms with Crippen LogP contribution in [0.25, 0.3) is 5.57 Å². The van der Waals surface area contributed by atoms with Gasteiger partial charge in [-0.1, -0.05) is 30.3 Å². The molecular weight excluding hydrogens is 554 g/mol. The van der Waals surface area contributed by atoms with Gasteiger partial charge in [-0.3, -0.25) is 14.5 Å². The van der Waals surface area contributed by atoms with Gasteiger partial charge in [0.2, 0.25) is 5.91 Å². The van der Waals surface area contributed by atoms with E-state index in [0.29, 0.717) is 29.9 Å². The Morgan fingerprint density at radius 3 is 2.41 bits per heavy atom. The first kappa shape index (κ1) is 28.3. The number of benzene rings is 3. The third-order valence-electron chi connectivity index (χ3n) is 9.42. The van der Waals surface area contributed by atoms with Gasteiger partial charge in [0.15, 0.2) is 0 Å². The Morgan fingerprint density at radius 2 is 1.68 bits per heavy atom. The summed E-state index contributed by atoms with van der Waals surface area (Å²) in [7, 11) is 3.46. The van der Waals surface area contributed by atoms with E-state index >= 15 is 0 Å². The highest BCUT2D eigenvalue weighted by Gasteiger charge is 2.35. The number of allylic oxidation sites excluding steroid dienone is 1. The number of amides is 2. The van der Waals surface area contributed by atoms with Crippen molar-refractivity contribution >= 4 is 40.4 Å². The van der Waals surface area contributed by atoms with E-state index in [1.165, 1.54) is 18.2 Å². The molecule has 0 bridgehead atoms. The molecular formula is C35H37N5O4. The first-order valence-electron chi connectivity index (χ1n) is 15.3. The Balaban J connectivity index is 1.19. The minimum absolute atomic E-state index is 0.0781. The van der Waals surface area contributed by atoms with Gasteiger partial charge in [-0.2, -0.15) is 0 Å². The lowest BCUT2D eigenvalue weighted by molar-refractivity contribution is -0.120. The summed E-state index contributed by atoms with van der Waals surface area (Å²) in [5, 5.41) is 6.65. The van der Waals surface area contributed by atoms with Crippen LogP contribution in [-0.2, 0) is 33.6 Å². The standard InChI is InChI=1S/C35H37N5O4/c1-38-13-15-39(16-14-38)21-31(41)40-12-11-24-19-27(8-10-30(24)40)36-33(26-17-22-5-3-4-6-23(22)18-26)32-28-9-7-25(35(43)44-2)20-29(28)37-34(32)42/h3-10,19-20,26,36H,11-18,21H2,1-2H3,(H,37,42)/b33-32-. The monoisotopic (exact) mass is 591 g/mol. The van der Waals surface area contributed by atoms with Crippen LogP contribution in [0.5, 0.6) is 0 Å².